The van der Waals surface area contributed by atoms with Gasteiger partial charge in [-0.05, 0) is 58.2 Å². The highest BCUT2D eigenvalue weighted by Gasteiger charge is 2.36. The molecule has 1 aromatic carbocycles. The van der Waals surface area contributed by atoms with Crippen molar-refractivity contribution in [3.8, 4) is 0 Å². The van der Waals surface area contributed by atoms with Crippen molar-refractivity contribution in [2.75, 3.05) is 6.61 Å². The third kappa shape index (κ3) is 4.37. The van der Waals surface area contributed by atoms with Gasteiger partial charge >= 0.3 is 0 Å². The van der Waals surface area contributed by atoms with Crippen molar-refractivity contribution in [3.05, 3.63) is 33.3 Å². The largest absolute Gasteiger partial charge is 0.416 e. The van der Waals surface area contributed by atoms with Gasteiger partial charge in [-0.15, -0.1) is 0 Å². The lowest BCUT2D eigenvalue weighted by atomic mass is 10.2. The second-order valence-electron chi connectivity index (χ2n) is 6.11. The molecule has 0 aliphatic rings. The Balaban J connectivity index is 2.54. The standard InChI is InChI=1S/C14H22BrClOSi/c1-14(2,3)18(4,5)17-9-8-11-6-7-13(16)12(15)10-11/h6-7,10H,8-9H2,1-5H3. The molecule has 4 heteroatoms. The molecular weight excluding hydrogens is 328 g/mol. The van der Waals surface area contributed by atoms with Crippen LogP contribution in [0.5, 0.6) is 0 Å². The van der Waals surface area contributed by atoms with Gasteiger partial charge in [0.05, 0.1) is 5.02 Å². The highest BCUT2D eigenvalue weighted by molar-refractivity contribution is 9.10. The van der Waals surface area contributed by atoms with Gasteiger partial charge in [0.15, 0.2) is 8.32 Å². The second kappa shape index (κ2) is 6.08. The molecule has 0 saturated carbocycles. The Morgan fingerprint density at radius 2 is 1.89 bits per heavy atom. The Bertz CT molecular complexity index is 413. The molecule has 0 N–H and O–H groups in total. The molecule has 0 saturated heterocycles. The fraction of sp³-hybridized carbons (Fsp3) is 0.571. The summed E-state index contributed by atoms with van der Waals surface area (Å²) < 4.78 is 7.11. The van der Waals surface area contributed by atoms with E-state index >= 15 is 0 Å². The topological polar surface area (TPSA) is 9.23 Å². The van der Waals surface area contributed by atoms with Crippen LogP contribution in [-0.2, 0) is 10.8 Å². The fourth-order valence-electron chi connectivity index (χ4n) is 1.34. The van der Waals surface area contributed by atoms with Crippen LogP contribution in [0, 0.1) is 0 Å². The predicted molar refractivity (Wildman–Crippen MR) is 86.0 cm³/mol. The van der Waals surface area contributed by atoms with Crippen LogP contribution in [-0.4, -0.2) is 14.9 Å². The summed E-state index contributed by atoms with van der Waals surface area (Å²) in [6.45, 7) is 12.1. The van der Waals surface area contributed by atoms with Crippen molar-refractivity contribution >= 4 is 35.8 Å². The first-order valence-electron chi connectivity index (χ1n) is 6.21. The Morgan fingerprint density at radius 1 is 1.28 bits per heavy atom. The molecule has 0 spiro atoms. The minimum Gasteiger partial charge on any atom is -0.416 e. The zero-order valence-corrected chi connectivity index (χ0v) is 15.2. The summed E-state index contributed by atoms with van der Waals surface area (Å²) in [5, 5.41) is 1.03. The Kier molecular flexibility index (Phi) is 5.48. The maximum Gasteiger partial charge on any atom is 0.191 e. The lowest BCUT2D eigenvalue weighted by molar-refractivity contribution is 0.292. The molecule has 1 aromatic rings. The molecular formula is C14H22BrClOSi. The SMILES string of the molecule is CC(C)(C)[Si](C)(C)OCCc1ccc(Cl)c(Br)c1. The van der Waals surface area contributed by atoms with E-state index in [1.54, 1.807) is 0 Å². The van der Waals surface area contributed by atoms with E-state index in [1.807, 2.05) is 6.07 Å². The number of rotatable bonds is 4. The summed E-state index contributed by atoms with van der Waals surface area (Å²) >= 11 is 9.42. The van der Waals surface area contributed by atoms with Crippen molar-refractivity contribution < 1.29 is 4.43 Å². The first-order valence-corrected chi connectivity index (χ1v) is 10.3. The number of hydrogen-bond donors (Lipinski definition) is 0. The monoisotopic (exact) mass is 348 g/mol. The number of hydrogen-bond acceptors (Lipinski definition) is 1. The molecule has 18 heavy (non-hydrogen) atoms. The highest BCUT2D eigenvalue weighted by Crippen LogP contribution is 2.36. The summed E-state index contributed by atoms with van der Waals surface area (Å²) in [4.78, 5) is 0. The van der Waals surface area contributed by atoms with E-state index in [0.29, 0.717) is 0 Å². The first-order chi connectivity index (χ1) is 8.13. The molecule has 0 fully saturated rings. The Morgan fingerprint density at radius 3 is 2.39 bits per heavy atom. The highest BCUT2D eigenvalue weighted by atomic mass is 79.9. The van der Waals surface area contributed by atoms with Gasteiger partial charge in [-0.2, -0.15) is 0 Å². The molecule has 0 aliphatic carbocycles. The average molecular weight is 350 g/mol. The van der Waals surface area contributed by atoms with Crippen molar-refractivity contribution in [1.29, 1.82) is 0 Å². The van der Waals surface area contributed by atoms with Crippen molar-refractivity contribution in [3.63, 3.8) is 0 Å². The number of halogens is 2. The quantitative estimate of drug-likeness (QED) is 0.637. The summed E-state index contributed by atoms with van der Waals surface area (Å²) in [6.07, 6.45) is 0.933. The van der Waals surface area contributed by atoms with Crippen molar-refractivity contribution in [2.45, 2.75) is 45.3 Å². The van der Waals surface area contributed by atoms with Gasteiger partial charge in [-0.25, -0.2) is 0 Å². The fourth-order valence-corrected chi connectivity index (χ4v) is 2.92. The molecule has 0 atom stereocenters. The maximum atomic E-state index is 6.16. The lowest BCUT2D eigenvalue weighted by Gasteiger charge is -2.36. The van der Waals surface area contributed by atoms with E-state index in [9.17, 15) is 0 Å². The molecule has 0 radical (unpaired) electrons. The number of benzene rings is 1. The third-order valence-corrected chi connectivity index (χ3v) is 9.40. The van der Waals surface area contributed by atoms with Gasteiger partial charge < -0.3 is 4.43 Å². The minimum absolute atomic E-state index is 0.271. The van der Waals surface area contributed by atoms with Crippen LogP contribution >= 0.6 is 27.5 Å². The van der Waals surface area contributed by atoms with Crippen molar-refractivity contribution in [2.24, 2.45) is 0 Å². The molecule has 1 rings (SSSR count). The molecule has 102 valence electrons. The third-order valence-electron chi connectivity index (χ3n) is 3.64. The van der Waals surface area contributed by atoms with E-state index in [-0.39, 0.29) is 5.04 Å². The molecule has 1 nitrogen and oxygen atoms in total. The van der Waals surface area contributed by atoms with E-state index in [1.165, 1.54) is 5.56 Å². The molecule has 0 unspecified atom stereocenters. The van der Waals surface area contributed by atoms with Crippen LogP contribution in [0.3, 0.4) is 0 Å². The van der Waals surface area contributed by atoms with Gasteiger partial charge in [0.2, 0.25) is 0 Å². The van der Waals surface area contributed by atoms with Gasteiger partial charge in [0, 0.05) is 11.1 Å². The van der Waals surface area contributed by atoms with Crippen LogP contribution in [0.25, 0.3) is 0 Å². The van der Waals surface area contributed by atoms with Crippen LogP contribution in [0.15, 0.2) is 22.7 Å². The second-order valence-corrected chi connectivity index (χ2v) is 12.2. The molecule has 0 bridgehead atoms. The van der Waals surface area contributed by atoms with Gasteiger partial charge in [-0.3, -0.25) is 0 Å². The molecule has 0 heterocycles. The van der Waals surface area contributed by atoms with E-state index < -0.39 is 8.32 Å². The zero-order valence-electron chi connectivity index (χ0n) is 11.8. The van der Waals surface area contributed by atoms with E-state index in [4.69, 9.17) is 16.0 Å². The first kappa shape index (κ1) is 16.2. The van der Waals surface area contributed by atoms with Crippen LogP contribution < -0.4 is 0 Å². The average Bonchev–Trinajstić information content (AvgIpc) is 2.21. The normalized spacial score (nSPS) is 12.8. The van der Waals surface area contributed by atoms with E-state index in [0.717, 1.165) is 22.5 Å². The summed E-state index contributed by atoms with van der Waals surface area (Å²) in [7, 11) is -1.62. The van der Waals surface area contributed by atoms with Gasteiger partial charge in [0.1, 0.15) is 0 Å². The van der Waals surface area contributed by atoms with Crippen LogP contribution in [0.4, 0.5) is 0 Å². The smallest absolute Gasteiger partial charge is 0.191 e. The van der Waals surface area contributed by atoms with Crippen molar-refractivity contribution in [1.82, 2.24) is 0 Å². The maximum absolute atomic E-state index is 6.16. The minimum atomic E-state index is -1.62. The molecule has 0 aliphatic heterocycles. The molecule has 0 amide bonds. The summed E-state index contributed by atoms with van der Waals surface area (Å²) in [5.41, 5.74) is 1.25. The summed E-state index contributed by atoms with van der Waals surface area (Å²) in [6, 6.07) is 6.05. The van der Waals surface area contributed by atoms with Gasteiger partial charge in [0.25, 0.3) is 0 Å². The van der Waals surface area contributed by atoms with Crippen LogP contribution in [0.2, 0.25) is 23.2 Å². The predicted octanol–water partition coefficient (Wildman–Crippen LogP) is 5.67. The van der Waals surface area contributed by atoms with E-state index in [2.05, 4.69) is 61.9 Å². The zero-order chi connectivity index (χ0) is 14.0. The lowest BCUT2D eigenvalue weighted by Crippen LogP contribution is -2.41. The van der Waals surface area contributed by atoms with Gasteiger partial charge in [-0.1, -0.05) is 38.4 Å². The van der Waals surface area contributed by atoms with Crippen LogP contribution in [0.1, 0.15) is 26.3 Å². The molecule has 0 aromatic heterocycles. The summed E-state index contributed by atoms with van der Waals surface area (Å²) in [5.74, 6) is 0. The Labute approximate surface area is 125 Å². The Hall–Kier alpha value is 0.167.